The molecule has 116 valence electrons. The number of carbonyl (C=O) groups is 1. The van der Waals surface area contributed by atoms with Gasteiger partial charge in [-0.15, -0.1) is 0 Å². The number of carbonyl (C=O) groups excluding carboxylic acids is 1. The molecule has 2 aromatic heterocycles. The molecule has 0 bridgehead atoms. The van der Waals surface area contributed by atoms with Gasteiger partial charge >= 0.3 is 0 Å². The van der Waals surface area contributed by atoms with Gasteiger partial charge in [0.2, 0.25) is 5.91 Å². The van der Waals surface area contributed by atoms with Crippen molar-refractivity contribution in [3.63, 3.8) is 0 Å². The van der Waals surface area contributed by atoms with Gasteiger partial charge in [-0.25, -0.2) is 18.7 Å². The Morgan fingerprint density at radius 2 is 2.36 bits per heavy atom. The van der Waals surface area contributed by atoms with Crippen LogP contribution in [0.15, 0.2) is 37.1 Å². The molecule has 1 aliphatic rings. The lowest BCUT2D eigenvalue weighted by Gasteiger charge is -2.13. The molecule has 1 fully saturated rings. The smallest absolute Gasteiger partial charge is 0.262 e. The van der Waals surface area contributed by atoms with E-state index in [9.17, 15) is 13.6 Å². The summed E-state index contributed by atoms with van der Waals surface area (Å²) in [4.78, 5) is 20.2. The van der Waals surface area contributed by atoms with Crippen molar-refractivity contribution in [1.82, 2.24) is 25.2 Å². The van der Waals surface area contributed by atoms with Crippen LogP contribution in [0.2, 0.25) is 0 Å². The molecule has 1 amide bonds. The summed E-state index contributed by atoms with van der Waals surface area (Å²) in [5.74, 6) is -2.61. The number of halogens is 2. The highest BCUT2D eigenvalue weighted by Gasteiger charge is 2.42. The summed E-state index contributed by atoms with van der Waals surface area (Å²) in [7, 11) is 0. The monoisotopic (exact) mass is 307 g/mol. The van der Waals surface area contributed by atoms with Gasteiger partial charge in [0, 0.05) is 37.1 Å². The Morgan fingerprint density at radius 1 is 1.50 bits per heavy atom. The van der Waals surface area contributed by atoms with Crippen molar-refractivity contribution in [2.24, 2.45) is 0 Å². The van der Waals surface area contributed by atoms with Crippen molar-refractivity contribution in [1.29, 1.82) is 0 Å². The molecule has 0 aromatic carbocycles. The largest absolute Gasteiger partial charge is 0.351 e. The topological polar surface area (TPSA) is 71.8 Å². The highest BCUT2D eigenvalue weighted by atomic mass is 19.3. The Labute approximate surface area is 125 Å². The number of alkyl halides is 2. The maximum atomic E-state index is 13.1. The molecule has 0 radical (unpaired) electrons. The van der Waals surface area contributed by atoms with Gasteiger partial charge in [-0.3, -0.25) is 14.7 Å². The van der Waals surface area contributed by atoms with Gasteiger partial charge in [-0.2, -0.15) is 0 Å². The number of aromatic nitrogens is 3. The first kappa shape index (κ1) is 14.6. The molecule has 0 spiro atoms. The first-order chi connectivity index (χ1) is 10.6. The molecule has 1 saturated heterocycles. The van der Waals surface area contributed by atoms with Crippen LogP contribution >= 0.6 is 0 Å². The first-order valence-corrected chi connectivity index (χ1v) is 6.86. The Bertz CT molecular complexity index is 659. The zero-order valence-corrected chi connectivity index (χ0v) is 11.7. The van der Waals surface area contributed by atoms with Crippen LogP contribution in [0, 0.1) is 0 Å². The predicted molar refractivity (Wildman–Crippen MR) is 74.6 cm³/mol. The Morgan fingerprint density at radius 3 is 3.05 bits per heavy atom. The average Bonchev–Trinajstić information content (AvgIpc) is 3.14. The maximum Gasteiger partial charge on any atom is 0.262 e. The van der Waals surface area contributed by atoms with Gasteiger partial charge in [-0.05, 0) is 6.07 Å². The van der Waals surface area contributed by atoms with Crippen LogP contribution in [0.1, 0.15) is 12.0 Å². The van der Waals surface area contributed by atoms with Crippen LogP contribution in [-0.4, -0.2) is 39.0 Å². The zero-order valence-electron chi connectivity index (χ0n) is 11.7. The van der Waals surface area contributed by atoms with Crippen molar-refractivity contribution >= 4 is 5.91 Å². The molecule has 22 heavy (non-hydrogen) atoms. The van der Waals surface area contributed by atoms with Crippen LogP contribution in [0.4, 0.5) is 8.78 Å². The standard InChI is InChI=1S/C14H15F2N5O/c15-14(16)6-11(20-8-14)13(22)19-7-10-2-1-3-18-12(10)21-5-4-17-9-21/h1-5,9,11,20H,6-8H2,(H,19,22). The molecule has 2 N–H and O–H groups in total. The second-order valence-electron chi connectivity index (χ2n) is 5.17. The van der Waals surface area contributed by atoms with Crippen molar-refractivity contribution < 1.29 is 13.6 Å². The molecule has 1 atom stereocenters. The fraction of sp³-hybridized carbons (Fsp3) is 0.357. The van der Waals surface area contributed by atoms with Gasteiger partial charge in [0.25, 0.3) is 5.92 Å². The van der Waals surface area contributed by atoms with E-state index in [0.717, 1.165) is 5.56 Å². The van der Waals surface area contributed by atoms with E-state index in [0.29, 0.717) is 5.82 Å². The summed E-state index contributed by atoms with van der Waals surface area (Å²) in [5, 5.41) is 5.20. The lowest BCUT2D eigenvalue weighted by Crippen LogP contribution is -2.40. The van der Waals surface area contributed by atoms with Crippen LogP contribution in [0.3, 0.4) is 0 Å². The number of amides is 1. The number of hydrogen-bond donors (Lipinski definition) is 2. The lowest BCUT2D eigenvalue weighted by molar-refractivity contribution is -0.123. The Balaban J connectivity index is 1.66. The molecule has 8 heteroatoms. The van der Waals surface area contributed by atoms with E-state index >= 15 is 0 Å². The highest BCUT2D eigenvalue weighted by molar-refractivity contribution is 5.82. The molecule has 1 unspecified atom stereocenters. The minimum atomic E-state index is -2.82. The molecule has 0 saturated carbocycles. The van der Waals surface area contributed by atoms with Gasteiger partial charge in [0.15, 0.2) is 0 Å². The van der Waals surface area contributed by atoms with E-state index in [-0.39, 0.29) is 6.54 Å². The molecular weight excluding hydrogens is 292 g/mol. The van der Waals surface area contributed by atoms with E-state index in [4.69, 9.17) is 0 Å². The summed E-state index contributed by atoms with van der Waals surface area (Å²) in [6.45, 7) is -0.248. The number of imidazole rings is 1. The summed E-state index contributed by atoms with van der Waals surface area (Å²) < 4.78 is 27.9. The minimum absolute atomic E-state index is 0.212. The van der Waals surface area contributed by atoms with Crippen molar-refractivity contribution in [2.75, 3.05) is 6.54 Å². The minimum Gasteiger partial charge on any atom is -0.351 e. The van der Waals surface area contributed by atoms with Crippen LogP contribution in [0.25, 0.3) is 5.82 Å². The second-order valence-corrected chi connectivity index (χ2v) is 5.17. The normalized spacial score (nSPS) is 20.0. The number of nitrogens with zero attached hydrogens (tertiary/aromatic N) is 3. The van der Waals surface area contributed by atoms with Crippen LogP contribution < -0.4 is 10.6 Å². The lowest BCUT2D eigenvalue weighted by atomic mass is 10.1. The van der Waals surface area contributed by atoms with Gasteiger partial charge in [-0.1, -0.05) is 6.07 Å². The molecule has 6 nitrogen and oxygen atoms in total. The predicted octanol–water partition coefficient (Wildman–Crippen LogP) is 0.881. The van der Waals surface area contributed by atoms with Crippen LogP contribution in [-0.2, 0) is 11.3 Å². The van der Waals surface area contributed by atoms with E-state index in [1.807, 2.05) is 6.07 Å². The van der Waals surface area contributed by atoms with E-state index in [1.54, 1.807) is 35.6 Å². The summed E-state index contributed by atoms with van der Waals surface area (Å²) in [6.07, 6.45) is 6.14. The number of hydrogen-bond acceptors (Lipinski definition) is 4. The van der Waals surface area contributed by atoms with E-state index < -0.39 is 30.8 Å². The number of nitrogens with one attached hydrogen (secondary N) is 2. The molecule has 1 aliphatic heterocycles. The first-order valence-electron chi connectivity index (χ1n) is 6.86. The molecule has 0 aliphatic carbocycles. The molecule has 3 heterocycles. The Hall–Kier alpha value is -2.35. The third-order valence-corrected chi connectivity index (χ3v) is 3.50. The number of pyridine rings is 1. The second kappa shape index (κ2) is 5.80. The highest BCUT2D eigenvalue weighted by Crippen LogP contribution is 2.25. The molecule has 3 rings (SSSR count). The van der Waals surface area contributed by atoms with Crippen molar-refractivity contribution in [3.05, 3.63) is 42.6 Å². The summed E-state index contributed by atoms with van der Waals surface area (Å²) >= 11 is 0. The Kier molecular flexibility index (Phi) is 3.84. The van der Waals surface area contributed by atoms with Crippen molar-refractivity contribution in [2.45, 2.75) is 24.9 Å². The van der Waals surface area contributed by atoms with Gasteiger partial charge < -0.3 is 5.32 Å². The zero-order chi connectivity index (χ0) is 15.6. The third-order valence-electron chi connectivity index (χ3n) is 3.50. The summed E-state index contributed by atoms with van der Waals surface area (Å²) in [6, 6.07) is 2.71. The summed E-state index contributed by atoms with van der Waals surface area (Å²) in [5.41, 5.74) is 0.776. The number of rotatable bonds is 4. The fourth-order valence-corrected chi connectivity index (χ4v) is 2.39. The van der Waals surface area contributed by atoms with Gasteiger partial charge in [0.05, 0.1) is 12.6 Å². The fourth-order valence-electron chi connectivity index (χ4n) is 2.39. The quantitative estimate of drug-likeness (QED) is 0.879. The molecular formula is C14H15F2N5O. The molecule has 2 aromatic rings. The third kappa shape index (κ3) is 3.11. The van der Waals surface area contributed by atoms with Crippen LogP contribution in [0.5, 0.6) is 0 Å². The SMILES string of the molecule is O=C(NCc1cccnc1-n1ccnc1)C1CC(F)(F)CN1. The van der Waals surface area contributed by atoms with Crippen molar-refractivity contribution in [3.8, 4) is 5.82 Å². The van der Waals surface area contributed by atoms with E-state index in [1.165, 1.54) is 0 Å². The van der Waals surface area contributed by atoms with Gasteiger partial charge in [0.1, 0.15) is 12.1 Å². The average molecular weight is 307 g/mol. The van der Waals surface area contributed by atoms with E-state index in [2.05, 4.69) is 20.6 Å². The maximum absolute atomic E-state index is 13.1.